The van der Waals surface area contributed by atoms with Gasteiger partial charge in [-0.1, -0.05) is 18.2 Å². The summed E-state index contributed by atoms with van der Waals surface area (Å²) in [6.07, 6.45) is -2.15. The molecule has 1 heterocycles. The van der Waals surface area contributed by atoms with E-state index in [4.69, 9.17) is 0 Å². The molecule has 0 aliphatic carbocycles. The number of nitrogens with zero attached hydrogens (tertiary/aromatic N) is 3. The molecule has 0 bridgehead atoms. The van der Waals surface area contributed by atoms with E-state index in [1.54, 1.807) is 0 Å². The third-order valence-corrected chi connectivity index (χ3v) is 3.18. The number of amides is 1. The molecule has 1 aromatic heterocycles. The quantitative estimate of drug-likeness (QED) is 0.727. The summed E-state index contributed by atoms with van der Waals surface area (Å²) in [5.41, 5.74) is -0.563. The monoisotopic (exact) mass is 377 g/mol. The first-order valence-corrected chi connectivity index (χ1v) is 7.50. The second-order valence-corrected chi connectivity index (χ2v) is 5.10. The van der Waals surface area contributed by atoms with E-state index in [9.17, 15) is 18.0 Å². The van der Waals surface area contributed by atoms with Gasteiger partial charge in [0.2, 0.25) is 0 Å². The molecule has 138 valence electrons. The smallest absolute Gasteiger partial charge is 0.349 e. The van der Waals surface area contributed by atoms with Crippen molar-refractivity contribution in [2.45, 2.75) is 19.5 Å². The van der Waals surface area contributed by atoms with E-state index in [0.717, 1.165) is 29.8 Å². The molecule has 1 amide bonds. The van der Waals surface area contributed by atoms with Gasteiger partial charge in [-0.05, 0) is 31.2 Å². The molecule has 0 spiro atoms. The molecular formula is C15H19ClF3N5O. The summed E-state index contributed by atoms with van der Waals surface area (Å²) in [6, 6.07) is 4.65. The summed E-state index contributed by atoms with van der Waals surface area (Å²) >= 11 is 0. The zero-order chi connectivity index (χ0) is 17.6. The number of hydrogen-bond donors (Lipinski definition) is 2. The summed E-state index contributed by atoms with van der Waals surface area (Å²) in [4.78, 5) is 11.9. The first kappa shape index (κ1) is 20.9. The van der Waals surface area contributed by atoms with Gasteiger partial charge in [0.1, 0.15) is 0 Å². The maximum atomic E-state index is 12.7. The number of carbonyl (C=O) groups excluding carboxylic acids is 1. The summed E-state index contributed by atoms with van der Waals surface area (Å²) in [5.74, 6) is -0.425. The summed E-state index contributed by atoms with van der Waals surface area (Å²) in [7, 11) is 0. The minimum absolute atomic E-state index is 0. The Hall–Kier alpha value is -2.13. The Bertz CT molecular complexity index is 690. The topological polar surface area (TPSA) is 71.8 Å². The molecule has 0 aliphatic rings. The van der Waals surface area contributed by atoms with E-state index in [2.05, 4.69) is 20.9 Å². The fraction of sp³-hybridized carbons (Fsp3) is 0.400. The van der Waals surface area contributed by atoms with Crippen molar-refractivity contribution in [2.24, 2.45) is 0 Å². The van der Waals surface area contributed by atoms with Crippen LogP contribution in [0.25, 0.3) is 5.69 Å². The number of hydrogen-bond acceptors (Lipinski definition) is 4. The molecule has 0 saturated heterocycles. The summed E-state index contributed by atoms with van der Waals surface area (Å²) < 4.78 is 39.3. The van der Waals surface area contributed by atoms with Gasteiger partial charge in [-0.3, -0.25) is 4.79 Å². The lowest BCUT2D eigenvalue weighted by molar-refractivity contribution is -0.137. The fourth-order valence-electron chi connectivity index (χ4n) is 1.98. The van der Waals surface area contributed by atoms with E-state index in [1.807, 2.05) is 6.92 Å². The van der Waals surface area contributed by atoms with Crippen molar-refractivity contribution in [3.63, 3.8) is 0 Å². The number of benzene rings is 1. The lowest BCUT2D eigenvalue weighted by Crippen LogP contribution is -2.32. The van der Waals surface area contributed by atoms with Crippen molar-refractivity contribution in [2.75, 3.05) is 19.6 Å². The van der Waals surface area contributed by atoms with Crippen molar-refractivity contribution in [3.05, 3.63) is 41.7 Å². The first-order chi connectivity index (χ1) is 11.4. The van der Waals surface area contributed by atoms with Crippen molar-refractivity contribution < 1.29 is 18.0 Å². The molecule has 1 aromatic carbocycles. The van der Waals surface area contributed by atoms with Crippen LogP contribution in [0.5, 0.6) is 0 Å². The van der Waals surface area contributed by atoms with Gasteiger partial charge in [-0.2, -0.15) is 13.2 Å². The molecule has 2 aromatic rings. The Morgan fingerprint density at radius 2 is 2.00 bits per heavy atom. The van der Waals surface area contributed by atoms with Gasteiger partial charge in [-0.25, -0.2) is 4.68 Å². The van der Waals surface area contributed by atoms with Gasteiger partial charge < -0.3 is 10.6 Å². The second-order valence-electron chi connectivity index (χ2n) is 5.10. The maximum Gasteiger partial charge on any atom is 0.416 e. The molecule has 25 heavy (non-hydrogen) atoms. The Kier molecular flexibility index (Phi) is 7.85. The Balaban J connectivity index is 0.00000312. The summed E-state index contributed by atoms with van der Waals surface area (Å²) in [6.45, 7) is 3.95. The van der Waals surface area contributed by atoms with Crippen molar-refractivity contribution in [1.82, 2.24) is 25.6 Å². The van der Waals surface area contributed by atoms with Gasteiger partial charge in [-0.15, -0.1) is 17.5 Å². The van der Waals surface area contributed by atoms with Crippen LogP contribution in [0.15, 0.2) is 30.5 Å². The molecule has 10 heteroatoms. The largest absolute Gasteiger partial charge is 0.416 e. The van der Waals surface area contributed by atoms with Crippen LogP contribution in [0.1, 0.15) is 29.4 Å². The molecule has 0 atom stereocenters. The van der Waals surface area contributed by atoms with Crippen LogP contribution >= 0.6 is 12.4 Å². The third-order valence-electron chi connectivity index (χ3n) is 3.18. The number of carbonyl (C=O) groups is 1. The van der Waals surface area contributed by atoms with Gasteiger partial charge in [0.25, 0.3) is 5.91 Å². The van der Waals surface area contributed by atoms with E-state index < -0.39 is 17.6 Å². The predicted molar refractivity (Wildman–Crippen MR) is 89.1 cm³/mol. The predicted octanol–water partition coefficient (Wildman–Crippen LogP) is 2.44. The van der Waals surface area contributed by atoms with Gasteiger partial charge in [0, 0.05) is 13.1 Å². The Morgan fingerprint density at radius 3 is 2.68 bits per heavy atom. The molecule has 2 rings (SSSR count). The van der Waals surface area contributed by atoms with E-state index in [0.29, 0.717) is 13.1 Å². The lowest BCUT2D eigenvalue weighted by atomic mass is 10.2. The zero-order valence-electron chi connectivity index (χ0n) is 13.5. The average molecular weight is 378 g/mol. The van der Waals surface area contributed by atoms with Crippen LogP contribution in [-0.2, 0) is 6.18 Å². The third kappa shape index (κ3) is 6.02. The van der Waals surface area contributed by atoms with Crippen LogP contribution in [0, 0.1) is 0 Å². The van der Waals surface area contributed by atoms with Crippen LogP contribution in [0.2, 0.25) is 0 Å². The van der Waals surface area contributed by atoms with Crippen molar-refractivity contribution in [1.29, 1.82) is 0 Å². The van der Waals surface area contributed by atoms with E-state index in [1.165, 1.54) is 18.3 Å². The number of alkyl halides is 3. The van der Waals surface area contributed by atoms with E-state index >= 15 is 0 Å². The molecule has 0 fully saturated rings. The lowest BCUT2D eigenvalue weighted by Gasteiger charge is -2.08. The molecule has 2 N–H and O–H groups in total. The van der Waals surface area contributed by atoms with E-state index in [-0.39, 0.29) is 23.8 Å². The standard InChI is InChI=1S/C15H18F3N5O.ClH/c1-2-6-19-7-8-20-14(24)13-10-23(22-21-13)12-5-3-4-11(9-12)15(16,17)18;/h3-5,9-10,19H,2,6-8H2,1H3,(H,20,24);1H. The zero-order valence-corrected chi connectivity index (χ0v) is 14.3. The number of nitrogens with one attached hydrogen (secondary N) is 2. The van der Waals surface area contributed by atoms with Gasteiger partial charge >= 0.3 is 6.18 Å². The highest BCUT2D eigenvalue weighted by atomic mass is 35.5. The van der Waals surface area contributed by atoms with Crippen molar-refractivity contribution >= 4 is 18.3 Å². The van der Waals surface area contributed by atoms with Crippen LogP contribution in [-0.4, -0.2) is 40.5 Å². The molecule has 0 saturated carbocycles. The minimum Gasteiger partial charge on any atom is -0.349 e. The Labute approximate surface area is 149 Å². The van der Waals surface area contributed by atoms with Gasteiger partial charge in [0.05, 0.1) is 17.4 Å². The van der Waals surface area contributed by atoms with Crippen LogP contribution in [0.4, 0.5) is 13.2 Å². The maximum absolute atomic E-state index is 12.7. The summed E-state index contributed by atoms with van der Waals surface area (Å²) in [5, 5.41) is 13.2. The first-order valence-electron chi connectivity index (χ1n) is 7.50. The second kappa shape index (κ2) is 9.38. The fourth-order valence-corrected chi connectivity index (χ4v) is 1.98. The molecule has 0 radical (unpaired) electrons. The molecule has 0 aliphatic heterocycles. The van der Waals surface area contributed by atoms with Gasteiger partial charge in [0.15, 0.2) is 5.69 Å². The number of aromatic nitrogens is 3. The van der Waals surface area contributed by atoms with Crippen LogP contribution in [0.3, 0.4) is 0 Å². The highest BCUT2D eigenvalue weighted by Crippen LogP contribution is 2.30. The average Bonchev–Trinajstić information content (AvgIpc) is 3.04. The SMILES string of the molecule is CCCNCCNC(=O)c1cn(-c2cccc(C(F)(F)F)c2)nn1.Cl. The van der Waals surface area contributed by atoms with Crippen LogP contribution < -0.4 is 10.6 Å². The minimum atomic E-state index is -4.44. The molecular weight excluding hydrogens is 359 g/mol. The Morgan fingerprint density at radius 1 is 1.24 bits per heavy atom. The highest BCUT2D eigenvalue weighted by molar-refractivity contribution is 5.91. The van der Waals surface area contributed by atoms with Crippen molar-refractivity contribution in [3.8, 4) is 5.69 Å². The molecule has 6 nitrogen and oxygen atoms in total. The highest BCUT2D eigenvalue weighted by Gasteiger charge is 2.30. The molecule has 0 unspecified atom stereocenters. The number of rotatable bonds is 7. The normalized spacial score (nSPS) is 11.0. The number of halogens is 4.